The van der Waals surface area contributed by atoms with E-state index in [0.717, 1.165) is 19.4 Å². The zero-order valence-corrected chi connectivity index (χ0v) is 15.5. The molecule has 0 bridgehead atoms. The van der Waals surface area contributed by atoms with Crippen molar-refractivity contribution >= 4 is 6.09 Å². The number of nitrogens with two attached hydrogens (primary N) is 1. The minimum Gasteiger partial charge on any atom is -0.444 e. The highest BCUT2D eigenvalue weighted by Crippen LogP contribution is 2.06. The maximum atomic E-state index is 11.0. The van der Waals surface area contributed by atoms with E-state index in [4.69, 9.17) is 10.5 Å². The van der Waals surface area contributed by atoms with Crippen molar-refractivity contribution in [1.29, 1.82) is 0 Å². The molecule has 0 aliphatic rings. The maximum absolute atomic E-state index is 11.0. The van der Waals surface area contributed by atoms with Crippen molar-refractivity contribution < 1.29 is 9.53 Å². The summed E-state index contributed by atoms with van der Waals surface area (Å²) in [6.07, 6.45) is 8.94. The zero-order chi connectivity index (χ0) is 17.9. The van der Waals surface area contributed by atoms with Crippen LogP contribution >= 0.6 is 0 Å². The molecule has 0 radical (unpaired) electrons. The molecule has 0 atom stereocenters. The largest absolute Gasteiger partial charge is 0.444 e. The quantitative estimate of drug-likeness (QED) is 0.672. The number of ether oxygens (including phenoxy) is 1. The van der Waals surface area contributed by atoms with Crippen LogP contribution in [-0.4, -0.2) is 24.8 Å². The number of amides is 1. The summed E-state index contributed by atoms with van der Waals surface area (Å²) in [6.45, 7) is 15.3. The highest BCUT2D eigenvalue weighted by Gasteiger charge is 2.14. The summed E-state index contributed by atoms with van der Waals surface area (Å²) >= 11 is 0. The average molecular weight is 316 g/mol. The Morgan fingerprint density at radius 2 is 1.73 bits per heavy atom. The lowest BCUT2D eigenvalue weighted by atomic mass is 10.2. The monoisotopic (exact) mass is 315 g/mol. The summed E-state index contributed by atoms with van der Waals surface area (Å²) in [5.41, 5.74) is 4.45. The molecule has 0 aliphatic carbocycles. The van der Waals surface area contributed by atoms with E-state index in [0.29, 0.717) is 6.54 Å². The van der Waals surface area contributed by atoms with Crippen molar-refractivity contribution in [3.8, 4) is 0 Å². The van der Waals surface area contributed by atoms with Gasteiger partial charge in [-0.15, -0.1) is 0 Å². The summed E-state index contributed by atoms with van der Waals surface area (Å²) in [6, 6.07) is 0. The van der Waals surface area contributed by atoms with Crippen LogP contribution in [-0.2, 0) is 4.74 Å². The lowest BCUT2D eigenvalue weighted by molar-refractivity contribution is 0.0527. The van der Waals surface area contributed by atoms with Gasteiger partial charge < -0.3 is 21.1 Å². The fraction of sp³-hybridized carbons (Fsp3) is 0.706. The van der Waals surface area contributed by atoms with Gasteiger partial charge in [0.2, 0.25) is 0 Å². The van der Waals surface area contributed by atoms with Crippen molar-refractivity contribution in [3.05, 3.63) is 24.6 Å². The molecule has 0 aromatic heterocycles. The molecule has 0 spiro atoms. The molecule has 4 N–H and O–H groups in total. The molecule has 0 fully saturated rings. The van der Waals surface area contributed by atoms with E-state index >= 15 is 0 Å². The Kier molecular flexibility index (Phi) is 22.3. The third-order valence-electron chi connectivity index (χ3n) is 1.88. The molecule has 0 heterocycles. The molecule has 0 unspecified atom stereocenters. The number of unbranched alkanes of at least 4 members (excludes halogenated alkanes) is 1. The molecule has 0 saturated heterocycles. The molecule has 132 valence electrons. The number of hydrogen-bond acceptors (Lipinski definition) is 4. The van der Waals surface area contributed by atoms with Crippen molar-refractivity contribution in [1.82, 2.24) is 10.6 Å². The number of rotatable bonds is 5. The Hall–Kier alpha value is -1.65. The zero-order valence-electron chi connectivity index (χ0n) is 15.5. The van der Waals surface area contributed by atoms with Crippen LogP contribution in [0.4, 0.5) is 4.79 Å². The number of hydrogen-bond donors (Lipinski definition) is 3. The van der Waals surface area contributed by atoms with E-state index in [-0.39, 0.29) is 6.09 Å². The first kappa shape index (κ1) is 25.3. The van der Waals surface area contributed by atoms with E-state index in [1.54, 1.807) is 6.08 Å². The predicted molar refractivity (Wildman–Crippen MR) is 96.6 cm³/mol. The molecule has 0 aromatic rings. The minimum absolute atomic E-state index is 0.323. The van der Waals surface area contributed by atoms with Crippen LogP contribution < -0.4 is 16.4 Å². The smallest absolute Gasteiger partial charge is 0.407 e. The van der Waals surface area contributed by atoms with Crippen LogP contribution in [0.2, 0.25) is 0 Å². The second kappa shape index (κ2) is 19.4. The molecule has 5 heteroatoms. The number of alkyl carbamates (subject to hydrolysis) is 1. The van der Waals surface area contributed by atoms with Gasteiger partial charge in [0.05, 0.1) is 0 Å². The van der Waals surface area contributed by atoms with Gasteiger partial charge in [0, 0.05) is 13.1 Å². The second-order valence-electron chi connectivity index (χ2n) is 5.37. The number of allylic oxidation sites excluding steroid dienone is 2. The first-order chi connectivity index (χ1) is 10.3. The summed E-state index contributed by atoms with van der Waals surface area (Å²) in [4.78, 5) is 11.0. The summed E-state index contributed by atoms with van der Waals surface area (Å²) in [7, 11) is 0. The number of carbonyl (C=O) groups is 1. The normalized spacial score (nSPS) is 10.3. The Bertz CT molecular complexity index is 278. The third kappa shape index (κ3) is 36.2. The lowest BCUT2D eigenvalue weighted by Crippen LogP contribution is -2.32. The molecule has 0 aliphatic heterocycles. The van der Waals surface area contributed by atoms with Gasteiger partial charge in [-0.05, 0) is 60.4 Å². The summed E-state index contributed by atoms with van der Waals surface area (Å²) in [5, 5.41) is 5.70. The van der Waals surface area contributed by atoms with Gasteiger partial charge in [0.25, 0.3) is 0 Å². The first-order valence-electron chi connectivity index (χ1n) is 7.93. The Balaban J connectivity index is -0.000000300. The Labute approximate surface area is 137 Å². The van der Waals surface area contributed by atoms with E-state index in [9.17, 15) is 4.79 Å². The van der Waals surface area contributed by atoms with Gasteiger partial charge in [-0.25, -0.2) is 4.79 Å². The van der Waals surface area contributed by atoms with E-state index < -0.39 is 5.60 Å². The topological polar surface area (TPSA) is 76.4 Å². The van der Waals surface area contributed by atoms with Crippen molar-refractivity contribution in [2.75, 3.05) is 13.1 Å². The summed E-state index contributed by atoms with van der Waals surface area (Å²) in [5.74, 6) is 0. The van der Waals surface area contributed by atoms with E-state index in [1.807, 2.05) is 46.9 Å². The van der Waals surface area contributed by atoms with Crippen LogP contribution in [0, 0.1) is 0 Å². The maximum Gasteiger partial charge on any atom is 0.407 e. The molecule has 0 rings (SSSR count). The average Bonchev–Trinajstić information content (AvgIpc) is 2.44. The van der Waals surface area contributed by atoms with Gasteiger partial charge in [0.15, 0.2) is 0 Å². The SMILES string of the molecule is C/C=C/NCC.C/C=C\N.CCCCNC(=O)OC(C)(C)C. The molecule has 0 saturated carbocycles. The Morgan fingerprint density at radius 3 is 2.00 bits per heavy atom. The van der Waals surface area contributed by atoms with Gasteiger partial charge in [-0.2, -0.15) is 0 Å². The molecule has 1 amide bonds. The number of carbonyl (C=O) groups excluding carboxylic acids is 1. The molecule has 22 heavy (non-hydrogen) atoms. The fourth-order valence-electron chi connectivity index (χ4n) is 0.917. The Morgan fingerprint density at radius 1 is 1.18 bits per heavy atom. The molecule has 0 aromatic carbocycles. The molecular formula is C17H37N3O2. The van der Waals surface area contributed by atoms with Crippen molar-refractivity contribution in [2.24, 2.45) is 5.73 Å². The standard InChI is InChI=1S/C9H19NO2.C5H11N.C3H7N/c1-5-6-7-10-8(11)12-9(2,3)4;1-3-5-6-4-2;1-2-3-4/h5-7H2,1-4H3,(H,10,11);3,5-6H,4H2,1-2H3;2-3H,4H2,1H3/b;5-3+;3-2-. The van der Waals surface area contributed by atoms with Crippen LogP contribution in [0.25, 0.3) is 0 Å². The van der Waals surface area contributed by atoms with Gasteiger partial charge >= 0.3 is 6.09 Å². The van der Waals surface area contributed by atoms with Crippen molar-refractivity contribution in [3.63, 3.8) is 0 Å². The van der Waals surface area contributed by atoms with Gasteiger partial charge in [-0.1, -0.05) is 25.5 Å². The molecular weight excluding hydrogens is 278 g/mol. The van der Waals surface area contributed by atoms with Crippen LogP contribution in [0.3, 0.4) is 0 Å². The van der Waals surface area contributed by atoms with Crippen LogP contribution in [0.1, 0.15) is 61.3 Å². The molecule has 5 nitrogen and oxygen atoms in total. The summed E-state index contributed by atoms with van der Waals surface area (Å²) < 4.78 is 5.03. The van der Waals surface area contributed by atoms with Gasteiger partial charge in [-0.3, -0.25) is 0 Å². The highest BCUT2D eigenvalue weighted by molar-refractivity contribution is 5.67. The fourth-order valence-corrected chi connectivity index (χ4v) is 0.917. The first-order valence-corrected chi connectivity index (χ1v) is 7.93. The third-order valence-corrected chi connectivity index (χ3v) is 1.88. The van der Waals surface area contributed by atoms with E-state index in [1.165, 1.54) is 6.20 Å². The lowest BCUT2D eigenvalue weighted by Gasteiger charge is -2.19. The van der Waals surface area contributed by atoms with Gasteiger partial charge in [0.1, 0.15) is 5.60 Å². The number of nitrogens with one attached hydrogen (secondary N) is 2. The van der Waals surface area contributed by atoms with Crippen molar-refractivity contribution in [2.45, 2.75) is 66.9 Å². The predicted octanol–water partition coefficient (Wildman–Crippen LogP) is 3.92. The van der Waals surface area contributed by atoms with Crippen LogP contribution in [0.15, 0.2) is 24.6 Å². The highest BCUT2D eigenvalue weighted by atomic mass is 16.6. The van der Waals surface area contributed by atoms with E-state index in [2.05, 4.69) is 24.5 Å². The van der Waals surface area contributed by atoms with Crippen LogP contribution in [0.5, 0.6) is 0 Å². The second-order valence-corrected chi connectivity index (χ2v) is 5.37. The minimum atomic E-state index is -0.393.